The van der Waals surface area contributed by atoms with Crippen LogP contribution in [-0.4, -0.2) is 9.97 Å². The van der Waals surface area contributed by atoms with Gasteiger partial charge in [-0.05, 0) is 34.9 Å². The molecule has 0 saturated heterocycles. The molecule has 2 N–H and O–H groups in total. The molecule has 0 amide bonds. The Hall–Kier alpha value is -2.98. The number of nitrogens with zero attached hydrogens (tertiary/aromatic N) is 1. The van der Waals surface area contributed by atoms with Crippen LogP contribution >= 0.6 is 0 Å². The fourth-order valence-corrected chi connectivity index (χ4v) is 3.00. The first-order valence-corrected chi connectivity index (χ1v) is 8.27. The van der Waals surface area contributed by atoms with Gasteiger partial charge < -0.3 is 10.3 Å². The Bertz CT molecular complexity index is 989. The van der Waals surface area contributed by atoms with E-state index in [9.17, 15) is 4.39 Å². The summed E-state index contributed by atoms with van der Waals surface area (Å²) >= 11 is 0. The Morgan fingerprint density at radius 2 is 1.76 bits per heavy atom. The highest BCUT2D eigenvalue weighted by molar-refractivity contribution is 5.92. The van der Waals surface area contributed by atoms with E-state index in [0.717, 1.165) is 22.2 Å². The van der Waals surface area contributed by atoms with Crippen LogP contribution in [0, 0.1) is 5.82 Å². The van der Waals surface area contributed by atoms with Crippen LogP contribution in [0.15, 0.2) is 73.1 Å². The van der Waals surface area contributed by atoms with Gasteiger partial charge in [0.15, 0.2) is 0 Å². The number of H-pyrrole nitrogens is 1. The van der Waals surface area contributed by atoms with E-state index in [2.05, 4.69) is 39.6 Å². The van der Waals surface area contributed by atoms with Crippen LogP contribution in [0.5, 0.6) is 0 Å². The van der Waals surface area contributed by atoms with Crippen molar-refractivity contribution in [3.8, 4) is 11.1 Å². The van der Waals surface area contributed by atoms with E-state index in [1.807, 2.05) is 30.6 Å². The predicted octanol–water partition coefficient (Wildman–Crippen LogP) is 4.66. The van der Waals surface area contributed by atoms with Gasteiger partial charge in [0.1, 0.15) is 11.5 Å². The lowest BCUT2D eigenvalue weighted by molar-refractivity contribution is 0.588. The van der Waals surface area contributed by atoms with Gasteiger partial charge in [0, 0.05) is 36.4 Å². The fraction of sp³-hybridized carbons (Fsp3) is 0.0952. The van der Waals surface area contributed by atoms with Gasteiger partial charge in [-0.1, -0.05) is 42.5 Å². The molecular weight excluding hydrogens is 313 g/mol. The molecular formula is C21H18FN3. The van der Waals surface area contributed by atoms with Gasteiger partial charge in [0.25, 0.3) is 0 Å². The molecule has 2 aromatic carbocycles. The van der Waals surface area contributed by atoms with Crippen LogP contribution in [0.4, 0.5) is 4.39 Å². The largest absolute Gasteiger partial charge is 0.346 e. The van der Waals surface area contributed by atoms with E-state index in [1.165, 1.54) is 11.6 Å². The minimum atomic E-state index is -0.168. The highest BCUT2D eigenvalue weighted by atomic mass is 19.1. The van der Waals surface area contributed by atoms with Crippen molar-refractivity contribution in [2.24, 2.45) is 0 Å². The lowest BCUT2D eigenvalue weighted by Crippen LogP contribution is -2.13. The minimum Gasteiger partial charge on any atom is -0.346 e. The van der Waals surface area contributed by atoms with Crippen LogP contribution < -0.4 is 5.32 Å². The average molecular weight is 331 g/mol. The number of nitrogens with one attached hydrogen (secondary N) is 2. The zero-order valence-electron chi connectivity index (χ0n) is 13.7. The highest BCUT2D eigenvalue weighted by Crippen LogP contribution is 2.27. The van der Waals surface area contributed by atoms with Gasteiger partial charge in [-0.15, -0.1) is 0 Å². The molecule has 0 aliphatic heterocycles. The van der Waals surface area contributed by atoms with Gasteiger partial charge in [-0.25, -0.2) is 9.37 Å². The molecule has 0 aliphatic carbocycles. The van der Waals surface area contributed by atoms with E-state index in [1.54, 1.807) is 12.1 Å². The highest BCUT2D eigenvalue weighted by Gasteiger charge is 2.05. The van der Waals surface area contributed by atoms with Crippen LogP contribution in [0.1, 0.15) is 11.1 Å². The summed E-state index contributed by atoms with van der Waals surface area (Å²) in [6.07, 6.45) is 3.72. The summed E-state index contributed by atoms with van der Waals surface area (Å²) < 4.78 is 13.6. The molecule has 4 rings (SSSR count). The second-order valence-electron chi connectivity index (χ2n) is 5.99. The molecule has 0 aliphatic rings. The van der Waals surface area contributed by atoms with Crippen LogP contribution in [-0.2, 0) is 13.1 Å². The topological polar surface area (TPSA) is 40.7 Å². The fourth-order valence-electron chi connectivity index (χ4n) is 3.00. The summed E-state index contributed by atoms with van der Waals surface area (Å²) in [6.45, 7) is 1.22. The van der Waals surface area contributed by atoms with Gasteiger partial charge in [-0.3, -0.25) is 0 Å². The second-order valence-corrected chi connectivity index (χ2v) is 5.99. The third-order valence-corrected chi connectivity index (χ3v) is 4.33. The third-order valence-electron chi connectivity index (χ3n) is 4.33. The summed E-state index contributed by atoms with van der Waals surface area (Å²) in [5.74, 6) is -0.168. The van der Waals surface area contributed by atoms with Crippen molar-refractivity contribution < 1.29 is 4.39 Å². The van der Waals surface area contributed by atoms with E-state index in [0.29, 0.717) is 18.7 Å². The van der Waals surface area contributed by atoms with Gasteiger partial charge in [0.05, 0.1) is 0 Å². The lowest BCUT2D eigenvalue weighted by atomic mass is 10.0. The molecule has 4 heteroatoms. The van der Waals surface area contributed by atoms with Crippen molar-refractivity contribution in [1.82, 2.24) is 15.3 Å². The first-order chi connectivity index (χ1) is 12.3. The number of aromatic nitrogens is 2. The van der Waals surface area contributed by atoms with E-state index in [-0.39, 0.29) is 5.82 Å². The Morgan fingerprint density at radius 3 is 2.60 bits per heavy atom. The number of aromatic amines is 1. The van der Waals surface area contributed by atoms with Crippen molar-refractivity contribution in [3.63, 3.8) is 0 Å². The van der Waals surface area contributed by atoms with Gasteiger partial charge in [0.2, 0.25) is 0 Å². The summed E-state index contributed by atoms with van der Waals surface area (Å²) in [5, 5.41) is 4.41. The smallest absolute Gasteiger partial charge is 0.137 e. The summed E-state index contributed by atoms with van der Waals surface area (Å²) in [6, 6.07) is 19.3. The molecule has 2 heterocycles. The number of pyridine rings is 1. The Labute approximate surface area is 145 Å². The molecule has 0 fully saturated rings. The average Bonchev–Trinajstić information content (AvgIpc) is 3.13. The summed E-state index contributed by atoms with van der Waals surface area (Å²) in [5.41, 5.74) is 5.07. The summed E-state index contributed by atoms with van der Waals surface area (Å²) in [7, 11) is 0. The third kappa shape index (κ3) is 3.30. The molecule has 0 spiro atoms. The number of hydrogen-bond acceptors (Lipinski definition) is 2. The number of rotatable bonds is 5. The maximum Gasteiger partial charge on any atom is 0.137 e. The Kier molecular flexibility index (Phi) is 4.27. The van der Waals surface area contributed by atoms with E-state index >= 15 is 0 Å². The maximum atomic E-state index is 13.6. The van der Waals surface area contributed by atoms with Gasteiger partial charge >= 0.3 is 0 Å². The molecule has 25 heavy (non-hydrogen) atoms. The van der Waals surface area contributed by atoms with Crippen molar-refractivity contribution in [3.05, 3.63) is 90.0 Å². The number of benzene rings is 2. The molecule has 124 valence electrons. The van der Waals surface area contributed by atoms with Crippen molar-refractivity contribution in [2.45, 2.75) is 13.1 Å². The minimum absolute atomic E-state index is 0.168. The molecule has 4 aromatic rings. The molecule has 3 nitrogen and oxygen atoms in total. The second kappa shape index (κ2) is 6.87. The maximum absolute atomic E-state index is 13.6. The summed E-state index contributed by atoms with van der Waals surface area (Å²) in [4.78, 5) is 7.46. The van der Waals surface area contributed by atoms with Gasteiger partial charge in [-0.2, -0.15) is 0 Å². The van der Waals surface area contributed by atoms with E-state index < -0.39 is 0 Å². The lowest BCUT2D eigenvalue weighted by Gasteiger charge is -2.08. The van der Waals surface area contributed by atoms with Crippen LogP contribution in [0.25, 0.3) is 22.2 Å². The monoisotopic (exact) mass is 331 g/mol. The number of halogens is 1. The molecule has 0 unspecified atom stereocenters. The number of hydrogen-bond donors (Lipinski definition) is 2. The first kappa shape index (κ1) is 15.5. The molecule has 2 aromatic heterocycles. The standard InChI is InChI=1S/C21H18FN3/c22-20-4-2-1-3-17(20)14-23-13-15-5-7-16(8-6-15)18-9-11-24-21-19(18)10-12-25-21/h1-12,23H,13-14H2,(H,24,25). The zero-order chi connectivity index (χ0) is 17.1. The Morgan fingerprint density at radius 1 is 0.920 bits per heavy atom. The molecule has 0 saturated carbocycles. The zero-order valence-corrected chi connectivity index (χ0v) is 13.7. The molecule has 0 atom stereocenters. The molecule has 0 bridgehead atoms. The first-order valence-electron chi connectivity index (χ1n) is 8.27. The van der Waals surface area contributed by atoms with E-state index in [4.69, 9.17) is 0 Å². The van der Waals surface area contributed by atoms with Crippen molar-refractivity contribution in [1.29, 1.82) is 0 Å². The SMILES string of the molecule is Fc1ccccc1CNCc1ccc(-c2ccnc3[nH]ccc23)cc1. The van der Waals surface area contributed by atoms with Crippen molar-refractivity contribution in [2.75, 3.05) is 0 Å². The normalized spacial score (nSPS) is 11.1. The van der Waals surface area contributed by atoms with Crippen molar-refractivity contribution >= 4 is 11.0 Å². The number of fused-ring (bicyclic) bond motifs is 1. The molecule has 0 radical (unpaired) electrons. The Balaban J connectivity index is 1.45. The van der Waals surface area contributed by atoms with Crippen LogP contribution in [0.3, 0.4) is 0 Å². The van der Waals surface area contributed by atoms with Crippen LogP contribution in [0.2, 0.25) is 0 Å². The predicted molar refractivity (Wildman–Crippen MR) is 98.5 cm³/mol. The quantitative estimate of drug-likeness (QED) is 0.558.